The maximum absolute atomic E-state index is 11.9. The molecule has 2 rings (SSSR count). The van der Waals surface area contributed by atoms with E-state index in [0.29, 0.717) is 18.9 Å². The van der Waals surface area contributed by atoms with Crippen LogP contribution in [0.4, 0.5) is 5.82 Å². The van der Waals surface area contributed by atoms with Crippen LogP contribution < -0.4 is 4.72 Å². The molecule has 6 nitrogen and oxygen atoms in total. The van der Waals surface area contributed by atoms with Gasteiger partial charge >= 0.3 is 10.2 Å². The van der Waals surface area contributed by atoms with Gasteiger partial charge in [-0.25, -0.2) is 0 Å². The molecule has 0 spiro atoms. The van der Waals surface area contributed by atoms with Crippen LogP contribution in [0.1, 0.15) is 25.0 Å². The van der Waals surface area contributed by atoms with Crippen LogP contribution in [-0.2, 0) is 10.2 Å². The number of rotatable bonds is 3. The van der Waals surface area contributed by atoms with Gasteiger partial charge in [0.05, 0.1) is 0 Å². The summed E-state index contributed by atoms with van der Waals surface area (Å²) in [4.78, 5) is 0. The Balaban J connectivity index is 2.07. The predicted molar refractivity (Wildman–Crippen MR) is 61.3 cm³/mol. The largest absolute Gasteiger partial charge is 0.302 e. The first-order valence-corrected chi connectivity index (χ1v) is 6.82. The van der Waals surface area contributed by atoms with Crippen LogP contribution in [-0.4, -0.2) is 36.0 Å². The molecule has 0 aromatic carbocycles. The van der Waals surface area contributed by atoms with Gasteiger partial charge in [0.25, 0.3) is 0 Å². The minimum Gasteiger partial charge on any atom is -0.281 e. The molecule has 0 atom stereocenters. The third kappa shape index (κ3) is 2.53. The number of aromatic amines is 1. The molecule has 0 aliphatic carbocycles. The number of nitrogens with zero attached hydrogens (tertiary/aromatic N) is 2. The fraction of sp³-hybridized carbons (Fsp3) is 0.667. The lowest BCUT2D eigenvalue weighted by atomic mass is 10.2. The Hall–Kier alpha value is -1.08. The van der Waals surface area contributed by atoms with E-state index in [1.807, 2.05) is 6.92 Å². The van der Waals surface area contributed by atoms with Gasteiger partial charge in [0.1, 0.15) is 0 Å². The summed E-state index contributed by atoms with van der Waals surface area (Å²) in [6, 6.07) is 1.67. The van der Waals surface area contributed by atoms with E-state index in [9.17, 15) is 8.42 Å². The van der Waals surface area contributed by atoms with Crippen molar-refractivity contribution < 1.29 is 8.42 Å². The Morgan fingerprint density at radius 3 is 2.62 bits per heavy atom. The molecule has 1 aliphatic heterocycles. The molecule has 2 heterocycles. The predicted octanol–water partition coefficient (Wildman–Crippen LogP) is 0.861. The summed E-state index contributed by atoms with van der Waals surface area (Å²) in [5.41, 5.74) is 0.830. The van der Waals surface area contributed by atoms with Crippen LogP contribution in [0.5, 0.6) is 0 Å². The highest BCUT2D eigenvalue weighted by Crippen LogP contribution is 2.15. The van der Waals surface area contributed by atoms with Gasteiger partial charge in [-0.15, -0.1) is 0 Å². The highest BCUT2D eigenvalue weighted by atomic mass is 32.2. The average molecular weight is 244 g/mol. The highest BCUT2D eigenvalue weighted by molar-refractivity contribution is 7.90. The van der Waals surface area contributed by atoms with Gasteiger partial charge < -0.3 is 0 Å². The van der Waals surface area contributed by atoms with Crippen LogP contribution in [0.3, 0.4) is 0 Å². The van der Waals surface area contributed by atoms with Gasteiger partial charge in [-0.1, -0.05) is 6.42 Å². The van der Waals surface area contributed by atoms with Crippen molar-refractivity contribution in [1.29, 1.82) is 0 Å². The Kier molecular flexibility index (Phi) is 3.15. The zero-order chi connectivity index (χ0) is 11.6. The molecule has 16 heavy (non-hydrogen) atoms. The Morgan fingerprint density at radius 2 is 2.06 bits per heavy atom. The van der Waals surface area contributed by atoms with E-state index in [0.717, 1.165) is 25.0 Å². The van der Waals surface area contributed by atoms with Gasteiger partial charge in [0, 0.05) is 24.8 Å². The summed E-state index contributed by atoms with van der Waals surface area (Å²) in [6.07, 6.45) is 2.97. The van der Waals surface area contributed by atoms with Crippen molar-refractivity contribution in [2.75, 3.05) is 17.8 Å². The number of hydrogen-bond acceptors (Lipinski definition) is 3. The fourth-order valence-corrected chi connectivity index (χ4v) is 3.01. The normalized spacial score (nSPS) is 18.6. The summed E-state index contributed by atoms with van der Waals surface area (Å²) in [7, 11) is -3.42. The van der Waals surface area contributed by atoms with Crippen LogP contribution in [0.25, 0.3) is 0 Å². The number of nitrogens with one attached hydrogen (secondary N) is 2. The lowest BCUT2D eigenvalue weighted by Crippen LogP contribution is -2.39. The molecular weight excluding hydrogens is 228 g/mol. The van der Waals surface area contributed by atoms with E-state index in [1.54, 1.807) is 6.07 Å². The number of H-pyrrole nitrogens is 1. The topological polar surface area (TPSA) is 78.1 Å². The van der Waals surface area contributed by atoms with Crippen LogP contribution in [0.15, 0.2) is 6.07 Å². The van der Waals surface area contributed by atoms with Crippen LogP contribution >= 0.6 is 0 Å². The lowest BCUT2D eigenvalue weighted by Gasteiger charge is -2.25. The Labute approximate surface area is 95.2 Å². The van der Waals surface area contributed by atoms with Gasteiger partial charge in [0.2, 0.25) is 0 Å². The molecule has 7 heteroatoms. The number of anilines is 1. The smallest absolute Gasteiger partial charge is 0.281 e. The van der Waals surface area contributed by atoms with Gasteiger partial charge in [-0.05, 0) is 19.8 Å². The summed E-state index contributed by atoms with van der Waals surface area (Å²) in [6.45, 7) is 3.02. The van der Waals surface area contributed by atoms with Crippen molar-refractivity contribution in [2.45, 2.75) is 26.2 Å². The minimum atomic E-state index is -3.42. The highest BCUT2D eigenvalue weighted by Gasteiger charge is 2.24. The Bertz CT molecular complexity index is 448. The number of aromatic nitrogens is 2. The van der Waals surface area contributed by atoms with Gasteiger partial charge in [-0.3, -0.25) is 9.82 Å². The molecule has 2 N–H and O–H groups in total. The second-order valence-electron chi connectivity index (χ2n) is 4.00. The van der Waals surface area contributed by atoms with Crippen molar-refractivity contribution in [3.05, 3.63) is 11.8 Å². The summed E-state index contributed by atoms with van der Waals surface area (Å²) >= 11 is 0. The number of piperidine rings is 1. The first kappa shape index (κ1) is 11.4. The molecule has 1 aliphatic rings. The van der Waals surface area contributed by atoms with Crippen molar-refractivity contribution >= 4 is 16.0 Å². The Morgan fingerprint density at radius 1 is 1.38 bits per heavy atom. The SMILES string of the molecule is Cc1cc(NS(=O)(=O)N2CCCCC2)n[nH]1. The van der Waals surface area contributed by atoms with Crippen molar-refractivity contribution in [3.63, 3.8) is 0 Å². The zero-order valence-electron chi connectivity index (χ0n) is 9.23. The van der Waals surface area contributed by atoms with Gasteiger partial charge in [0.15, 0.2) is 5.82 Å². The van der Waals surface area contributed by atoms with E-state index in [4.69, 9.17) is 0 Å². The summed E-state index contributed by atoms with van der Waals surface area (Å²) in [5, 5.41) is 6.55. The molecule has 1 aromatic heterocycles. The molecule has 1 aromatic rings. The summed E-state index contributed by atoms with van der Waals surface area (Å²) < 4.78 is 27.8. The van der Waals surface area contributed by atoms with Crippen molar-refractivity contribution in [2.24, 2.45) is 0 Å². The van der Waals surface area contributed by atoms with E-state index in [-0.39, 0.29) is 0 Å². The standard InChI is InChI=1S/C9H16N4O2S/c1-8-7-9(11-10-8)12-16(14,15)13-5-3-2-4-6-13/h7H,2-6H2,1H3,(H2,10,11,12). The minimum absolute atomic E-state index is 0.350. The monoisotopic (exact) mass is 244 g/mol. The second-order valence-corrected chi connectivity index (χ2v) is 5.67. The van der Waals surface area contributed by atoms with Crippen LogP contribution in [0.2, 0.25) is 0 Å². The third-order valence-corrected chi connectivity index (χ3v) is 4.11. The summed E-state index contributed by atoms with van der Waals surface area (Å²) in [5.74, 6) is 0.350. The molecule has 90 valence electrons. The molecule has 0 radical (unpaired) electrons. The first-order chi connectivity index (χ1) is 7.58. The van der Waals surface area contributed by atoms with E-state index in [1.165, 1.54) is 4.31 Å². The average Bonchev–Trinajstić information content (AvgIpc) is 2.64. The molecule has 0 bridgehead atoms. The lowest BCUT2D eigenvalue weighted by molar-refractivity contribution is 0.349. The maximum atomic E-state index is 11.9. The zero-order valence-corrected chi connectivity index (χ0v) is 10.0. The molecule has 0 unspecified atom stereocenters. The molecule has 0 amide bonds. The van der Waals surface area contributed by atoms with Crippen molar-refractivity contribution in [3.8, 4) is 0 Å². The van der Waals surface area contributed by atoms with Crippen LogP contribution in [0, 0.1) is 6.92 Å². The quantitative estimate of drug-likeness (QED) is 0.827. The molecule has 0 saturated carbocycles. The van der Waals surface area contributed by atoms with Gasteiger partial charge in [-0.2, -0.15) is 17.8 Å². The van der Waals surface area contributed by atoms with E-state index in [2.05, 4.69) is 14.9 Å². The maximum Gasteiger partial charge on any atom is 0.302 e. The molecular formula is C9H16N4O2S. The fourth-order valence-electron chi connectivity index (χ4n) is 1.77. The second kappa shape index (κ2) is 4.42. The molecule has 1 fully saturated rings. The number of hydrogen-bond donors (Lipinski definition) is 2. The first-order valence-electron chi connectivity index (χ1n) is 5.38. The van der Waals surface area contributed by atoms with E-state index >= 15 is 0 Å². The van der Waals surface area contributed by atoms with Crippen molar-refractivity contribution in [1.82, 2.24) is 14.5 Å². The van der Waals surface area contributed by atoms with E-state index < -0.39 is 10.2 Å². The number of aryl methyl sites for hydroxylation is 1. The third-order valence-electron chi connectivity index (χ3n) is 2.59. The molecule has 1 saturated heterocycles.